The van der Waals surface area contributed by atoms with Gasteiger partial charge in [0.1, 0.15) is 6.10 Å². The van der Waals surface area contributed by atoms with Crippen LogP contribution in [0.1, 0.15) is 40.5 Å². The number of carbonyl (C=O) groups excluding carboxylic acids is 2. The lowest BCUT2D eigenvalue weighted by Gasteiger charge is -2.38. The van der Waals surface area contributed by atoms with Gasteiger partial charge in [0.2, 0.25) is 0 Å². The van der Waals surface area contributed by atoms with Crippen LogP contribution >= 0.6 is 11.8 Å². The largest absolute Gasteiger partial charge is 0.465 e. The third kappa shape index (κ3) is 3.45. The third-order valence-corrected chi connectivity index (χ3v) is 6.60. The number of nitrogens with one attached hydrogen (secondary N) is 1. The van der Waals surface area contributed by atoms with Gasteiger partial charge in [-0.05, 0) is 30.9 Å². The van der Waals surface area contributed by atoms with Gasteiger partial charge >= 0.3 is 11.9 Å². The summed E-state index contributed by atoms with van der Waals surface area (Å²) in [6, 6.07) is 7.81. The van der Waals surface area contributed by atoms with E-state index in [1.54, 1.807) is 6.92 Å². The number of H-pyrrole nitrogens is 1. The van der Waals surface area contributed by atoms with E-state index in [1.807, 2.05) is 45.0 Å². The number of aromatic amines is 1. The number of hydrogen-bond donors (Lipinski definition) is 1. The van der Waals surface area contributed by atoms with Gasteiger partial charge in [-0.15, -0.1) is 0 Å². The number of thioether (sulfide) groups is 1. The van der Waals surface area contributed by atoms with E-state index in [0.29, 0.717) is 18.6 Å². The molecule has 0 amide bonds. The van der Waals surface area contributed by atoms with E-state index in [1.165, 1.54) is 11.8 Å². The van der Waals surface area contributed by atoms with Gasteiger partial charge in [-0.2, -0.15) is 0 Å². The number of rotatable bonds is 7. The number of carbonyl (C=O) groups is 2. The van der Waals surface area contributed by atoms with Crippen LogP contribution in [-0.4, -0.2) is 40.4 Å². The standard InChI is InChI=1S/C20H26N2O4S/c1-5-19(3,4)20(16(23)25-6-2)11-13(26-17(20)24)12-27-18-21-14-9-7-8-10-15(14)22-18/h7-10,13H,5-6,11-12H2,1-4H3,(H,21,22)/t13-,20+/m1/s1. The Bertz CT molecular complexity index is 814. The first kappa shape index (κ1) is 19.7. The summed E-state index contributed by atoms with van der Waals surface area (Å²) in [7, 11) is 0. The van der Waals surface area contributed by atoms with Crippen molar-refractivity contribution >= 4 is 34.7 Å². The molecule has 2 heterocycles. The Hall–Kier alpha value is -2.02. The summed E-state index contributed by atoms with van der Waals surface area (Å²) < 4.78 is 10.9. The lowest BCUT2D eigenvalue weighted by atomic mass is 9.62. The number of para-hydroxylation sites is 2. The number of ether oxygens (including phenoxy) is 2. The van der Waals surface area contributed by atoms with Crippen LogP contribution in [0, 0.1) is 10.8 Å². The van der Waals surface area contributed by atoms with Crippen molar-refractivity contribution in [1.82, 2.24) is 9.97 Å². The number of esters is 2. The Morgan fingerprint density at radius 1 is 1.41 bits per heavy atom. The molecule has 1 aromatic heterocycles. The molecule has 146 valence electrons. The van der Waals surface area contributed by atoms with Crippen LogP contribution in [0.15, 0.2) is 29.4 Å². The predicted octanol–water partition coefficient (Wildman–Crippen LogP) is 3.96. The minimum Gasteiger partial charge on any atom is -0.465 e. The van der Waals surface area contributed by atoms with E-state index in [4.69, 9.17) is 9.47 Å². The molecule has 6 nitrogen and oxygen atoms in total. The molecule has 0 radical (unpaired) electrons. The highest BCUT2D eigenvalue weighted by atomic mass is 32.2. The van der Waals surface area contributed by atoms with Crippen molar-refractivity contribution in [2.24, 2.45) is 10.8 Å². The summed E-state index contributed by atoms with van der Waals surface area (Å²) in [5.41, 5.74) is 0.0687. The van der Waals surface area contributed by atoms with Gasteiger partial charge in [-0.25, -0.2) is 4.98 Å². The number of hydrogen-bond acceptors (Lipinski definition) is 6. The van der Waals surface area contributed by atoms with Crippen molar-refractivity contribution in [3.05, 3.63) is 24.3 Å². The molecule has 0 aliphatic carbocycles. The number of imidazole rings is 1. The highest BCUT2D eigenvalue weighted by molar-refractivity contribution is 7.99. The lowest BCUT2D eigenvalue weighted by Crippen LogP contribution is -2.49. The number of benzene rings is 1. The lowest BCUT2D eigenvalue weighted by molar-refractivity contribution is -0.173. The molecule has 0 unspecified atom stereocenters. The van der Waals surface area contributed by atoms with Gasteiger partial charge in [0.25, 0.3) is 0 Å². The van der Waals surface area contributed by atoms with Crippen LogP contribution in [-0.2, 0) is 19.1 Å². The molecule has 1 fully saturated rings. The highest BCUT2D eigenvalue weighted by Gasteiger charge is 2.63. The van der Waals surface area contributed by atoms with Gasteiger partial charge in [0.15, 0.2) is 10.6 Å². The van der Waals surface area contributed by atoms with Crippen molar-refractivity contribution in [3.63, 3.8) is 0 Å². The van der Waals surface area contributed by atoms with Crippen LogP contribution in [0.3, 0.4) is 0 Å². The molecule has 27 heavy (non-hydrogen) atoms. The fourth-order valence-corrected chi connectivity index (χ4v) is 4.41. The van der Waals surface area contributed by atoms with Gasteiger partial charge < -0.3 is 14.5 Å². The zero-order valence-corrected chi connectivity index (χ0v) is 17.0. The summed E-state index contributed by atoms with van der Waals surface area (Å²) in [5.74, 6) is -0.409. The number of cyclic esters (lactones) is 1. The first-order chi connectivity index (χ1) is 12.8. The maximum atomic E-state index is 12.8. The maximum absolute atomic E-state index is 12.8. The van der Waals surface area contributed by atoms with E-state index < -0.39 is 22.8 Å². The third-order valence-electron chi connectivity index (χ3n) is 5.59. The molecular formula is C20H26N2O4S. The number of aromatic nitrogens is 2. The molecular weight excluding hydrogens is 364 g/mol. The minimum atomic E-state index is -1.25. The summed E-state index contributed by atoms with van der Waals surface area (Å²) in [5, 5.41) is 0.774. The number of nitrogens with zero attached hydrogens (tertiary/aromatic N) is 1. The second-order valence-corrected chi connectivity index (χ2v) is 8.47. The van der Waals surface area contributed by atoms with Crippen LogP contribution in [0.2, 0.25) is 0 Å². The SMILES string of the molecule is CCOC(=O)[C@@]1(C(C)(C)CC)C[C@H](CSc2nc3ccccc3[nH]2)OC1=O. The van der Waals surface area contributed by atoms with Gasteiger partial charge in [0.05, 0.1) is 17.6 Å². The quantitative estimate of drug-likeness (QED) is 0.438. The second-order valence-electron chi connectivity index (χ2n) is 7.46. The summed E-state index contributed by atoms with van der Waals surface area (Å²) >= 11 is 1.49. The Morgan fingerprint density at radius 3 is 2.81 bits per heavy atom. The first-order valence-corrected chi connectivity index (χ1v) is 10.3. The first-order valence-electron chi connectivity index (χ1n) is 9.30. The van der Waals surface area contributed by atoms with Crippen LogP contribution < -0.4 is 0 Å². The molecule has 1 aliphatic heterocycles. The van der Waals surface area contributed by atoms with E-state index in [9.17, 15) is 9.59 Å². The highest BCUT2D eigenvalue weighted by Crippen LogP contribution is 2.51. The zero-order valence-electron chi connectivity index (χ0n) is 16.2. The molecule has 2 atom stereocenters. The molecule has 1 saturated heterocycles. The van der Waals surface area contributed by atoms with E-state index in [2.05, 4.69) is 9.97 Å². The zero-order chi connectivity index (χ0) is 19.7. The monoisotopic (exact) mass is 390 g/mol. The van der Waals surface area contributed by atoms with Crippen molar-refractivity contribution in [2.45, 2.75) is 51.8 Å². The molecule has 0 saturated carbocycles. The molecule has 7 heteroatoms. The average molecular weight is 391 g/mol. The van der Waals surface area contributed by atoms with Crippen LogP contribution in [0.4, 0.5) is 0 Å². The van der Waals surface area contributed by atoms with Crippen LogP contribution in [0.25, 0.3) is 11.0 Å². The molecule has 1 aromatic carbocycles. The topological polar surface area (TPSA) is 81.3 Å². The summed E-state index contributed by atoms with van der Waals surface area (Å²) in [6.45, 7) is 7.83. The van der Waals surface area contributed by atoms with Crippen molar-refractivity contribution < 1.29 is 19.1 Å². The fourth-order valence-electron chi connectivity index (χ4n) is 3.53. The smallest absolute Gasteiger partial charge is 0.324 e. The second kappa shape index (κ2) is 7.54. The number of fused-ring (bicyclic) bond motifs is 1. The predicted molar refractivity (Wildman–Crippen MR) is 104 cm³/mol. The van der Waals surface area contributed by atoms with E-state index in [-0.39, 0.29) is 12.7 Å². The fraction of sp³-hybridized carbons (Fsp3) is 0.550. The van der Waals surface area contributed by atoms with E-state index in [0.717, 1.165) is 16.2 Å². The Kier molecular flexibility index (Phi) is 5.51. The van der Waals surface area contributed by atoms with Gasteiger partial charge in [0, 0.05) is 12.2 Å². The molecule has 1 N–H and O–H groups in total. The minimum absolute atomic E-state index is 0.242. The van der Waals surface area contributed by atoms with Crippen LogP contribution in [0.5, 0.6) is 0 Å². The summed E-state index contributed by atoms with van der Waals surface area (Å²) in [6.07, 6.45) is 0.647. The van der Waals surface area contributed by atoms with Gasteiger partial charge in [-0.1, -0.05) is 44.7 Å². The maximum Gasteiger partial charge on any atom is 0.324 e. The Balaban J connectivity index is 1.76. The Morgan fingerprint density at radius 2 is 2.15 bits per heavy atom. The average Bonchev–Trinajstić information content (AvgIpc) is 3.21. The Labute approximate surface area is 163 Å². The van der Waals surface area contributed by atoms with Crippen molar-refractivity contribution in [1.29, 1.82) is 0 Å². The summed E-state index contributed by atoms with van der Waals surface area (Å²) in [4.78, 5) is 33.4. The van der Waals surface area contributed by atoms with Gasteiger partial charge in [-0.3, -0.25) is 9.59 Å². The van der Waals surface area contributed by atoms with Crippen molar-refractivity contribution in [2.75, 3.05) is 12.4 Å². The molecule has 1 aliphatic rings. The van der Waals surface area contributed by atoms with Crippen molar-refractivity contribution in [3.8, 4) is 0 Å². The molecule has 0 spiro atoms. The van der Waals surface area contributed by atoms with E-state index >= 15 is 0 Å². The normalized spacial score (nSPS) is 22.8. The molecule has 0 bridgehead atoms. The molecule has 3 rings (SSSR count). The molecule has 2 aromatic rings.